The van der Waals surface area contributed by atoms with Gasteiger partial charge in [0.25, 0.3) is 0 Å². The number of carboxylic acids is 1. The summed E-state index contributed by atoms with van der Waals surface area (Å²) >= 11 is 0. The van der Waals surface area contributed by atoms with Crippen molar-refractivity contribution >= 4 is 5.97 Å². The number of hydrogen-bond acceptors (Lipinski definition) is 3. The Kier molecular flexibility index (Phi) is 4.90. The van der Waals surface area contributed by atoms with Crippen LogP contribution in [0, 0.1) is 0 Å². The third kappa shape index (κ3) is 3.27. The third-order valence-electron chi connectivity index (χ3n) is 2.69. The molecule has 0 saturated carbocycles. The van der Waals surface area contributed by atoms with Gasteiger partial charge in [0.2, 0.25) is 0 Å². The first-order valence-electron chi connectivity index (χ1n) is 5.21. The summed E-state index contributed by atoms with van der Waals surface area (Å²) in [5, 5.41) is 9.03. The van der Waals surface area contributed by atoms with E-state index in [4.69, 9.17) is 9.84 Å². The number of carbonyl (C=O) groups is 1. The zero-order valence-corrected chi connectivity index (χ0v) is 8.74. The summed E-state index contributed by atoms with van der Waals surface area (Å²) in [6.45, 7) is 2.07. The summed E-state index contributed by atoms with van der Waals surface area (Å²) < 4.78 is 4.94. The zero-order valence-electron chi connectivity index (χ0n) is 8.74. The smallest absolute Gasteiger partial charge is 0.323 e. The fourth-order valence-corrected chi connectivity index (χ4v) is 1.90. The van der Waals surface area contributed by atoms with E-state index in [0.717, 1.165) is 25.9 Å². The van der Waals surface area contributed by atoms with Gasteiger partial charge >= 0.3 is 5.97 Å². The van der Waals surface area contributed by atoms with Gasteiger partial charge in [-0.2, -0.15) is 0 Å². The first-order valence-corrected chi connectivity index (χ1v) is 5.21. The molecule has 1 unspecified atom stereocenters. The van der Waals surface area contributed by atoms with Gasteiger partial charge in [-0.25, -0.2) is 0 Å². The summed E-state index contributed by atoms with van der Waals surface area (Å²) in [5.74, 6) is -0.770. The van der Waals surface area contributed by atoms with E-state index in [9.17, 15) is 4.79 Å². The van der Waals surface area contributed by atoms with Gasteiger partial charge in [0.05, 0.1) is 6.61 Å². The highest BCUT2D eigenvalue weighted by Crippen LogP contribution is 2.12. The first-order chi connectivity index (χ1) is 6.75. The van der Waals surface area contributed by atoms with E-state index in [2.05, 4.69) is 0 Å². The van der Waals surface area contributed by atoms with Crippen LogP contribution in [-0.2, 0) is 9.53 Å². The Hall–Kier alpha value is -0.610. The van der Waals surface area contributed by atoms with Crippen LogP contribution in [-0.4, -0.2) is 48.8 Å². The molecule has 1 aliphatic rings. The van der Waals surface area contributed by atoms with Gasteiger partial charge in [-0.1, -0.05) is 12.8 Å². The molecule has 4 heteroatoms. The molecule has 0 radical (unpaired) electrons. The van der Waals surface area contributed by atoms with E-state index in [1.165, 1.54) is 12.8 Å². The Bertz CT molecular complexity index is 176. The summed E-state index contributed by atoms with van der Waals surface area (Å²) in [4.78, 5) is 13.0. The third-order valence-corrected chi connectivity index (χ3v) is 2.69. The highest BCUT2D eigenvalue weighted by atomic mass is 16.5. The minimum absolute atomic E-state index is 0.287. The summed E-state index contributed by atoms with van der Waals surface area (Å²) in [6.07, 6.45) is 4.65. The molecule has 82 valence electrons. The van der Waals surface area contributed by atoms with E-state index >= 15 is 0 Å². The molecule has 1 fully saturated rings. The van der Waals surface area contributed by atoms with E-state index in [-0.39, 0.29) is 6.61 Å². The maximum absolute atomic E-state index is 11.0. The normalized spacial score (nSPS) is 21.5. The minimum Gasteiger partial charge on any atom is -0.480 e. The fourth-order valence-electron chi connectivity index (χ4n) is 1.90. The van der Waals surface area contributed by atoms with Crippen molar-refractivity contribution < 1.29 is 14.6 Å². The molecule has 1 atom stereocenters. The van der Waals surface area contributed by atoms with Gasteiger partial charge in [-0.15, -0.1) is 0 Å². The molecule has 0 bridgehead atoms. The van der Waals surface area contributed by atoms with Crippen LogP contribution in [0.4, 0.5) is 0 Å². The maximum Gasteiger partial charge on any atom is 0.323 e. The highest BCUT2D eigenvalue weighted by molar-refractivity contribution is 5.73. The second-order valence-corrected chi connectivity index (χ2v) is 3.76. The Balaban J connectivity index is 2.51. The molecule has 0 aromatic rings. The number of carboxylic acid groups (broad SMARTS) is 1. The summed E-state index contributed by atoms with van der Waals surface area (Å²) in [6, 6.07) is -0.460. The number of methoxy groups -OCH3 is 1. The summed E-state index contributed by atoms with van der Waals surface area (Å²) in [5.41, 5.74) is 0. The molecule has 14 heavy (non-hydrogen) atoms. The van der Waals surface area contributed by atoms with Crippen LogP contribution in [0.15, 0.2) is 0 Å². The summed E-state index contributed by atoms with van der Waals surface area (Å²) in [7, 11) is 1.55. The molecule has 1 heterocycles. The Morgan fingerprint density at radius 2 is 1.93 bits per heavy atom. The van der Waals surface area contributed by atoms with Gasteiger partial charge in [0.15, 0.2) is 0 Å². The monoisotopic (exact) mass is 201 g/mol. The SMILES string of the molecule is COCC(C(=O)O)N1CCCCCC1. The van der Waals surface area contributed by atoms with Crippen molar-refractivity contribution in [3.05, 3.63) is 0 Å². The Morgan fingerprint density at radius 1 is 1.36 bits per heavy atom. The lowest BCUT2D eigenvalue weighted by molar-refractivity contribution is -0.145. The minimum atomic E-state index is -0.770. The number of ether oxygens (including phenoxy) is 1. The molecule has 0 amide bonds. The number of aliphatic carboxylic acids is 1. The lowest BCUT2D eigenvalue weighted by Gasteiger charge is -2.26. The van der Waals surface area contributed by atoms with Gasteiger partial charge in [-0.05, 0) is 25.9 Å². The molecule has 0 aliphatic carbocycles. The predicted molar refractivity (Wildman–Crippen MR) is 53.3 cm³/mol. The van der Waals surface area contributed by atoms with Crippen LogP contribution in [0.3, 0.4) is 0 Å². The van der Waals surface area contributed by atoms with Crippen LogP contribution in [0.2, 0.25) is 0 Å². The second kappa shape index (κ2) is 5.98. The van der Waals surface area contributed by atoms with E-state index < -0.39 is 12.0 Å². The average Bonchev–Trinajstić information content (AvgIpc) is 2.41. The lowest BCUT2D eigenvalue weighted by atomic mass is 10.2. The molecule has 0 aromatic heterocycles. The number of hydrogen-bond donors (Lipinski definition) is 1. The lowest BCUT2D eigenvalue weighted by Crippen LogP contribution is -2.44. The molecular weight excluding hydrogens is 182 g/mol. The van der Waals surface area contributed by atoms with Gasteiger partial charge < -0.3 is 9.84 Å². The molecule has 1 aliphatic heterocycles. The zero-order chi connectivity index (χ0) is 10.4. The van der Waals surface area contributed by atoms with Crippen LogP contribution in [0.25, 0.3) is 0 Å². The fraction of sp³-hybridized carbons (Fsp3) is 0.900. The molecule has 1 rings (SSSR count). The second-order valence-electron chi connectivity index (χ2n) is 3.76. The Labute approximate surface area is 84.8 Å². The van der Waals surface area contributed by atoms with E-state index in [1.807, 2.05) is 4.90 Å². The maximum atomic E-state index is 11.0. The largest absolute Gasteiger partial charge is 0.480 e. The predicted octanol–water partition coefficient (Wildman–Crippen LogP) is 0.962. The van der Waals surface area contributed by atoms with Crippen LogP contribution in [0.1, 0.15) is 25.7 Å². The quantitative estimate of drug-likeness (QED) is 0.736. The molecule has 4 nitrogen and oxygen atoms in total. The van der Waals surface area contributed by atoms with E-state index in [0.29, 0.717) is 0 Å². The van der Waals surface area contributed by atoms with Crippen molar-refractivity contribution in [2.24, 2.45) is 0 Å². The van der Waals surface area contributed by atoms with Crippen molar-refractivity contribution in [1.29, 1.82) is 0 Å². The van der Waals surface area contributed by atoms with Gasteiger partial charge in [-0.3, -0.25) is 9.69 Å². The number of likely N-dealkylation sites (tertiary alicyclic amines) is 1. The first kappa shape index (κ1) is 11.5. The van der Waals surface area contributed by atoms with Gasteiger partial charge in [0.1, 0.15) is 6.04 Å². The van der Waals surface area contributed by atoms with Gasteiger partial charge in [0, 0.05) is 7.11 Å². The van der Waals surface area contributed by atoms with Crippen molar-refractivity contribution in [3.63, 3.8) is 0 Å². The average molecular weight is 201 g/mol. The standard InChI is InChI=1S/C10H19NO3/c1-14-8-9(10(12)13)11-6-4-2-3-5-7-11/h9H,2-8H2,1H3,(H,12,13). The topological polar surface area (TPSA) is 49.8 Å². The van der Waals surface area contributed by atoms with E-state index in [1.54, 1.807) is 7.11 Å². The molecule has 0 aromatic carbocycles. The molecule has 1 saturated heterocycles. The highest BCUT2D eigenvalue weighted by Gasteiger charge is 2.25. The molecular formula is C10H19NO3. The van der Waals surface area contributed by atoms with Crippen molar-refractivity contribution in [1.82, 2.24) is 4.90 Å². The van der Waals surface area contributed by atoms with Crippen LogP contribution >= 0.6 is 0 Å². The van der Waals surface area contributed by atoms with Crippen LogP contribution in [0.5, 0.6) is 0 Å². The molecule has 0 spiro atoms. The molecule has 1 N–H and O–H groups in total. The van der Waals surface area contributed by atoms with Crippen molar-refractivity contribution in [3.8, 4) is 0 Å². The van der Waals surface area contributed by atoms with Crippen molar-refractivity contribution in [2.75, 3.05) is 26.8 Å². The number of nitrogens with zero attached hydrogens (tertiary/aromatic N) is 1. The van der Waals surface area contributed by atoms with Crippen LogP contribution < -0.4 is 0 Å². The Morgan fingerprint density at radius 3 is 2.36 bits per heavy atom. The number of rotatable bonds is 4. The van der Waals surface area contributed by atoms with Crippen molar-refractivity contribution in [2.45, 2.75) is 31.7 Å².